The van der Waals surface area contributed by atoms with Crippen molar-refractivity contribution in [2.24, 2.45) is 0 Å². The average Bonchev–Trinajstić information content (AvgIpc) is 3.38. The van der Waals surface area contributed by atoms with E-state index < -0.39 is 0 Å². The maximum atomic E-state index is 2.49. The molecule has 0 radical (unpaired) electrons. The predicted octanol–water partition coefficient (Wildman–Crippen LogP) is 13.8. The Morgan fingerprint density at radius 3 is 0.917 bits per heavy atom. The molecule has 10 aromatic rings. The molecule has 0 atom stereocenters. The second kappa shape index (κ2) is 9.55. The Morgan fingerprint density at radius 2 is 0.562 bits per heavy atom. The molecule has 48 heavy (non-hydrogen) atoms. The Hall–Kier alpha value is -5.46. The zero-order valence-corrected chi connectivity index (χ0v) is 28.4. The minimum Gasteiger partial charge on any atom is -0.0616 e. The van der Waals surface area contributed by atoms with Crippen LogP contribution in [0.4, 0.5) is 0 Å². The Labute approximate surface area is 280 Å². The first kappa shape index (κ1) is 27.6. The third-order valence-electron chi connectivity index (χ3n) is 11.3. The van der Waals surface area contributed by atoms with Gasteiger partial charge in [-0.3, -0.25) is 0 Å². The summed E-state index contributed by atoms with van der Waals surface area (Å²) in [4.78, 5) is 0. The second-order valence-electron chi connectivity index (χ2n) is 14.4. The summed E-state index contributed by atoms with van der Waals surface area (Å²) < 4.78 is 0. The van der Waals surface area contributed by atoms with Crippen LogP contribution in [-0.2, 0) is 0 Å². The Balaban J connectivity index is 1.41. The van der Waals surface area contributed by atoms with Crippen LogP contribution in [0.5, 0.6) is 0 Å². The summed E-state index contributed by atoms with van der Waals surface area (Å²) in [6, 6.07) is 42.2. The van der Waals surface area contributed by atoms with Gasteiger partial charge in [0.1, 0.15) is 0 Å². The number of fused-ring (bicyclic) bond motifs is 4. The quantitative estimate of drug-likeness (QED) is 0.170. The van der Waals surface area contributed by atoms with Crippen molar-refractivity contribution >= 4 is 75.4 Å². The van der Waals surface area contributed by atoms with Gasteiger partial charge in [0, 0.05) is 0 Å². The lowest BCUT2D eigenvalue weighted by Gasteiger charge is -2.15. The molecule has 0 N–H and O–H groups in total. The molecule has 0 saturated carbocycles. The minimum absolute atomic E-state index is 1.32. The first-order chi connectivity index (χ1) is 23.3. The second-order valence-corrected chi connectivity index (χ2v) is 14.4. The summed E-state index contributed by atoms with van der Waals surface area (Å²) >= 11 is 0. The molecule has 10 aromatic carbocycles. The third-order valence-corrected chi connectivity index (χ3v) is 11.3. The third kappa shape index (κ3) is 3.50. The molecule has 10 rings (SSSR count). The lowest BCUT2D eigenvalue weighted by Crippen LogP contribution is -1.89. The van der Waals surface area contributed by atoms with E-state index in [2.05, 4.69) is 151 Å². The van der Waals surface area contributed by atoms with Gasteiger partial charge in [-0.2, -0.15) is 0 Å². The highest BCUT2D eigenvalue weighted by molar-refractivity contribution is 6.44. The van der Waals surface area contributed by atoms with Gasteiger partial charge in [-0.25, -0.2) is 0 Å². The standard InChI is InChI=1S/C48H36/c1-25-19-27(3)43(28(4)20-25)39-23-41-37-17-18-38-42-24-40(44-29(5)21-26(2)22-30(44)6)34-14-10-8-12-32(46(34)42)36-16-15-35(47(37)48(36)38)31-11-7-9-13-33(39)45(31)41/h7-24H,1-6H3. The fourth-order valence-corrected chi connectivity index (χ4v) is 9.74. The highest BCUT2D eigenvalue weighted by Gasteiger charge is 2.23. The molecular formula is C48H36. The van der Waals surface area contributed by atoms with Gasteiger partial charge in [0.2, 0.25) is 0 Å². The fourth-order valence-electron chi connectivity index (χ4n) is 9.74. The van der Waals surface area contributed by atoms with Gasteiger partial charge in [0.25, 0.3) is 0 Å². The molecule has 0 aliphatic carbocycles. The smallest absolute Gasteiger partial charge is 0.00139 e. The fraction of sp³-hybridized carbons (Fsp3) is 0.125. The van der Waals surface area contributed by atoms with Crippen molar-refractivity contribution in [1.82, 2.24) is 0 Å². The van der Waals surface area contributed by atoms with E-state index in [4.69, 9.17) is 0 Å². The molecular weight excluding hydrogens is 577 g/mol. The highest BCUT2D eigenvalue weighted by Crippen LogP contribution is 2.51. The molecule has 0 nitrogen and oxygen atoms in total. The van der Waals surface area contributed by atoms with Gasteiger partial charge in [0.05, 0.1) is 0 Å². The van der Waals surface area contributed by atoms with Gasteiger partial charge < -0.3 is 0 Å². The number of rotatable bonds is 2. The summed E-state index contributed by atoms with van der Waals surface area (Å²) in [6.45, 7) is 13.5. The molecule has 0 amide bonds. The summed E-state index contributed by atoms with van der Waals surface area (Å²) in [7, 11) is 0. The van der Waals surface area contributed by atoms with Crippen molar-refractivity contribution in [1.29, 1.82) is 0 Å². The molecule has 0 heterocycles. The molecule has 0 saturated heterocycles. The highest BCUT2D eigenvalue weighted by atomic mass is 14.3. The molecule has 0 spiro atoms. The maximum Gasteiger partial charge on any atom is -0.00139 e. The van der Waals surface area contributed by atoms with Crippen LogP contribution < -0.4 is 0 Å². The average molecular weight is 613 g/mol. The van der Waals surface area contributed by atoms with Crippen LogP contribution in [0.3, 0.4) is 0 Å². The van der Waals surface area contributed by atoms with Crippen molar-refractivity contribution in [3.63, 3.8) is 0 Å². The van der Waals surface area contributed by atoms with E-state index in [1.54, 1.807) is 0 Å². The largest absolute Gasteiger partial charge is 0.0616 e. The van der Waals surface area contributed by atoms with Crippen LogP contribution in [-0.4, -0.2) is 0 Å². The Bertz CT molecular complexity index is 2740. The number of hydrogen-bond donors (Lipinski definition) is 0. The van der Waals surface area contributed by atoms with Crippen LogP contribution in [0.1, 0.15) is 33.4 Å². The van der Waals surface area contributed by atoms with Gasteiger partial charge in [0.15, 0.2) is 0 Å². The lowest BCUT2D eigenvalue weighted by molar-refractivity contribution is 1.33. The van der Waals surface area contributed by atoms with Crippen LogP contribution in [0, 0.1) is 41.5 Å². The van der Waals surface area contributed by atoms with Gasteiger partial charge in [-0.05, 0) is 174 Å². The molecule has 0 unspecified atom stereocenters. The van der Waals surface area contributed by atoms with Crippen LogP contribution >= 0.6 is 0 Å². The van der Waals surface area contributed by atoms with Gasteiger partial charge in [-0.15, -0.1) is 0 Å². The molecule has 0 aromatic heterocycles. The zero-order chi connectivity index (χ0) is 32.6. The number of hydrogen-bond acceptors (Lipinski definition) is 0. The topological polar surface area (TPSA) is 0 Å². The molecule has 0 fully saturated rings. The van der Waals surface area contributed by atoms with Crippen LogP contribution in [0.2, 0.25) is 0 Å². The van der Waals surface area contributed by atoms with E-state index in [-0.39, 0.29) is 0 Å². The van der Waals surface area contributed by atoms with Crippen LogP contribution in [0.15, 0.2) is 109 Å². The Morgan fingerprint density at radius 1 is 0.271 bits per heavy atom. The van der Waals surface area contributed by atoms with Gasteiger partial charge >= 0.3 is 0 Å². The van der Waals surface area contributed by atoms with Crippen molar-refractivity contribution < 1.29 is 0 Å². The molecule has 0 heteroatoms. The number of aryl methyl sites for hydroxylation is 6. The first-order valence-electron chi connectivity index (χ1n) is 17.2. The van der Waals surface area contributed by atoms with Crippen molar-refractivity contribution in [3.8, 4) is 22.3 Å². The van der Waals surface area contributed by atoms with E-state index in [1.807, 2.05) is 0 Å². The van der Waals surface area contributed by atoms with Crippen LogP contribution in [0.25, 0.3) is 97.7 Å². The Kier molecular flexibility index (Phi) is 5.50. The summed E-state index contributed by atoms with van der Waals surface area (Å²) in [5, 5.41) is 18.9. The molecule has 228 valence electrons. The minimum atomic E-state index is 1.32. The molecule has 0 bridgehead atoms. The normalized spacial score (nSPS) is 12.4. The van der Waals surface area contributed by atoms with E-state index in [1.165, 1.54) is 131 Å². The monoisotopic (exact) mass is 612 g/mol. The first-order valence-corrected chi connectivity index (χ1v) is 17.2. The lowest BCUT2D eigenvalue weighted by atomic mass is 9.87. The maximum absolute atomic E-state index is 2.49. The molecule has 0 aliphatic rings. The number of benzene rings is 6. The summed E-state index contributed by atoms with van der Waals surface area (Å²) in [6.07, 6.45) is 0. The summed E-state index contributed by atoms with van der Waals surface area (Å²) in [5.41, 5.74) is 13.4. The molecule has 0 aliphatic heterocycles. The van der Waals surface area contributed by atoms with E-state index in [0.29, 0.717) is 0 Å². The SMILES string of the molecule is Cc1cc(C)c(-c2cc3c4ccc5c6cc(-c7c(C)cc(C)cc7C)c7ccccc(c8ccc(c9ccccc2c93)c4c85)c76)c(C)c1. The zero-order valence-electron chi connectivity index (χ0n) is 28.4. The van der Waals surface area contributed by atoms with Crippen molar-refractivity contribution in [3.05, 3.63) is 143 Å². The van der Waals surface area contributed by atoms with E-state index >= 15 is 0 Å². The predicted molar refractivity (Wildman–Crippen MR) is 211 cm³/mol. The van der Waals surface area contributed by atoms with E-state index in [9.17, 15) is 0 Å². The van der Waals surface area contributed by atoms with Gasteiger partial charge in [-0.1, -0.05) is 108 Å². The summed E-state index contributed by atoms with van der Waals surface area (Å²) in [5.74, 6) is 0. The van der Waals surface area contributed by atoms with Crippen molar-refractivity contribution in [2.45, 2.75) is 41.5 Å². The van der Waals surface area contributed by atoms with Crippen molar-refractivity contribution in [2.75, 3.05) is 0 Å². The van der Waals surface area contributed by atoms with E-state index in [0.717, 1.165) is 0 Å².